The Bertz CT molecular complexity index is 507. The first-order valence-corrected chi connectivity index (χ1v) is 8.06. The van der Waals surface area contributed by atoms with E-state index in [0.717, 1.165) is 29.5 Å². The van der Waals surface area contributed by atoms with E-state index in [2.05, 4.69) is 60.6 Å². The quantitative estimate of drug-likeness (QED) is 0.793. The summed E-state index contributed by atoms with van der Waals surface area (Å²) in [5.74, 6) is 1.02. The third kappa shape index (κ3) is 4.39. The molecule has 0 aliphatic carbocycles. The smallest absolute Gasteiger partial charge is 0.124 e. The van der Waals surface area contributed by atoms with Crippen molar-refractivity contribution in [3.63, 3.8) is 0 Å². The van der Waals surface area contributed by atoms with Crippen molar-refractivity contribution in [2.45, 2.75) is 33.1 Å². The number of aromatic nitrogens is 2. The van der Waals surface area contributed by atoms with Crippen LogP contribution in [0.15, 0.2) is 30.3 Å². The van der Waals surface area contributed by atoms with Crippen LogP contribution in [0, 0.1) is 5.92 Å². The number of hydrogen-bond donors (Lipinski definition) is 1. The Balaban J connectivity index is 1.89. The van der Waals surface area contributed by atoms with Crippen molar-refractivity contribution in [3.05, 3.63) is 45.9 Å². The minimum atomic E-state index is 0.325. The van der Waals surface area contributed by atoms with Gasteiger partial charge in [-0.2, -0.15) is 0 Å². The maximum atomic E-state index is 4.35. The second-order valence-electron chi connectivity index (χ2n) is 5.51. The third-order valence-electron chi connectivity index (χ3n) is 3.22. The molecule has 0 aliphatic rings. The van der Waals surface area contributed by atoms with E-state index in [1.165, 1.54) is 5.56 Å². The third-order valence-corrected chi connectivity index (χ3v) is 4.39. The Kier molecular flexibility index (Phi) is 5.68. The summed E-state index contributed by atoms with van der Waals surface area (Å²) in [6.45, 7) is 8.67. The molecule has 0 spiro atoms. The van der Waals surface area contributed by atoms with Crippen molar-refractivity contribution in [1.29, 1.82) is 0 Å². The van der Waals surface area contributed by atoms with Crippen molar-refractivity contribution in [2.75, 3.05) is 13.1 Å². The molecule has 2 rings (SSSR count). The Hall–Kier alpha value is -1.26. The maximum Gasteiger partial charge on any atom is 0.124 e. The maximum absolute atomic E-state index is 4.35. The monoisotopic (exact) mass is 289 g/mol. The van der Waals surface area contributed by atoms with E-state index in [1.54, 1.807) is 11.3 Å². The summed E-state index contributed by atoms with van der Waals surface area (Å²) in [5.41, 5.74) is 1.30. The van der Waals surface area contributed by atoms with Gasteiger partial charge in [0.15, 0.2) is 0 Å². The molecule has 1 atom stereocenters. The Labute approximate surface area is 125 Å². The summed E-state index contributed by atoms with van der Waals surface area (Å²) in [4.78, 5) is 0. The van der Waals surface area contributed by atoms with E-state index < -0.39 is 0 Å². The predicted molar refractivity (Wildman–Crippen MR) is 85.3 cm³/mol. The van der Waals surface area contributed by atoms with Gasteiger partial charge in [0.2, 0.25) is 0 Å². The largest absolute Gasteiger partial charge is 0.316 e. The fourth-order valence-corrected chi connectivity index (χ4v) is 2.93. The lowest BCUT2D eigenvalue weighted by atomic mass is 10.0. The van der Waals surface area contributed by atoms with Gasteiger partial charge in [-0.1, -0.05) is 51.1 Å². The SMILES string of the molecule is CC(C)CNCCc1nnc(C(C)c2ccccc2)s1. The average Bonchev–Trinajstić information content (AvgIpc) is 2.92. The zero-order valence-corrected chi connectivity index (χ0v) is 13.3. The lowest BCUT2D eigenvalue weighted by Gasteiger charge is -2.07. The molecule has 0 bridgehead atoms. The van der Waals surface area contributed by atoms with Crippen LogP contribution < -0.4 is 5.32 Å². The molecule has 1 N–H and O–H groups in total. The second kappa shape index (κ2) is 7.50. The van der Waals surface area contributed by atoms with E-state index in [4.69, 9.17) is 0 Å². The van der Waals surface area contributed by atoms with Crippen LogP contribution in [0.3, 0.4) is 0 Å². The first-order valence-electron chi connectivity index (χ1n) is 7.24. The van der Waals surface area contributed by atoms with Crippen molar-refractivity contribution in [2.24, 2.45) is 5.92 Å². The van der Waals surface area contributed by atoms with E-state index in [9.17, 15) is 0 Å². The molecule has 1 unspecified atom stereocenters. The zero-order chi connectivity index (χ0) is 14.4. The molecule has 20 heavy (non-hydrogen) atoms. The van der Waals surface area contributed by atoms with Gasteiger partial charge in [-0.05, 0) is 18.0 Å². The van der Waals surface area contributed by atoms with E-state index in [0.29, 0.717) is 11.8 Å². The molecule has 1 heterocycles. The highest BCUT2D eigenvalue weighted by Crippen LogP contribution is 2.26. The molecule has 0 fully saturated rings. The number of nitrogens with one attached hydrogen (secondary N) is 1. The molecular formula is C16H23N3S. The highest BCUT2D eigenvalue weighted by Gasteiger charge is 2.13. The fraction of sp³-hybridized carbons (Fsp3) is 0.500. The molecule has 108 valence electrons. The van der Waals surface area contributed by atoms with Gasteiger partial charge >= 0.3 is 0 Å². The van der Waals surface area contributed by atoms with Gasteiger partial charge in [-0.15, -0.1) is 21.5 Å². The molecule has 1 aromatic carbocycles. The summed E-state index contributed by atoms with van der Waals surface area (Å²) in [6.07, 6.45) is 0.964. The van der Waals surface area contributed by atoms with Crippen LogP contribution in [0.2, 0.25) is 0 Å². The summed E-state index contributed by atoms with van der Waals surface area (Å²) in [6, 6.07) is 10.5. The Morgan fingerprint density at radius 3 is 2.55 bits per heavy atom. The lowest BCUT2D eigenvalue weighted by Crippen LogP contribution is -2.22. The van der Waals surface area contributed by atoms with Crippen molar-refractivity contribution >= 4 is 11.3 Å². The fourth-order valence-electron chi connectivity index (χ4n) is 2.01. The van der Waals surface area contributed by atoms with Gasteiger partial charge in [-0.25, -0.2) is 0 Å². The van der Waals surface area contributed by atoms with E-state index in [-0.39, 0.29) is 0 Å². The number of nitrogens with zero attached hydrogens (tertiary/aromatic N) is 2. The van der Waals surface area contributed by atoms with Gasteiger partial charge in [0.25, 0.3) is 0 Å². The van der Waals surface area contributed by atoms with Crippen molar-refractivity contribution < 1.29 is 0 Å². The summed E-state index contributed by atoms with van der Waals surface area (Å²) >= 11 is 1.73. The predicted octanol–water partition coefficient (Wildman–Crippen LogP) is 3.48. The second-order valence-corrected chi connectivity index (χ2v) is 6.61. The van der Waals surface area contributed by atoms with Gasteiger partial charge in [-0.3, -0.25) is 0 Å². The van der Waals surface area contributed by atoms with E-state index in [1.807, 2.05) is 6.07 Å². The highest BCUT2D eigenvalue weighted by molar-refractivity contribution is 7.11. The van der Waals surface area contributed by atoms with Crippen molar-refractivity contribution in [3.8, 4) is 0 Å². The molecule has 0 saturated heterocycles. The standard InChI is InChI=1S/C16H23N3S/c1-12(2)11-17-10-9-15-18-19-16(20-15)13(3)14-7-5-4-6-8-14/h4-8,12-13,17H,9-11H2,1-3H3. The summed E-state index contributed by atoms with van der Waals surface area (Å²) in [5, 5.41) is 14.3. The van der Waals surface area contributed by atoms with Gasteiger partial charge < -0.3 is 5.32 Å². The molecule has 0 amide bonds. The van der Waals surface area contributed by atoms with Crippen LogP contribution in [0.1, 0.15) is 42.3 Å². The molecule has 0 saturated carbocycles. The lowest BCUT2D eigenvalue weighted by molar-refractivity contribution is 0.553. The van der Waals surface area contributed by atoms with Gasteiger partial charge in [0.05, 0.1) is 0 Å². The number of rotatable bonds is 7. The van der Waals surface area contributed by atoms with Crippen LogP contribution in [0.25, 0.3) is 0 Å². The molecule has 0 radical (unpaired) electrons. The number of hydrogen-bond acceptors (Lipinski definition) is 4. The van der Waals surface area contributed by atoms with Crippen LogP contribution in [-0.2, 0) is 6.42 Å². The Morgan fingerprint density at radius 1 is 1.10 bits per heavy atom. The van der Waals surface area contributed by atoms with E-state index >= 15 is 0 Å². The summed E-state index contributed by atoms with van der Waals surface area (Å²) < 4.78 is 0. The van der Waals surface area contributed by atoms with Crippen LogP contribution in [0.4, 0.5) is 0 Å². The Morgan fingerprint density at radius 2 is 1.85 bits per heavy atom. The molecule has 0 aliphatic heterocycles. The average molecular weight is 289 g/mol. The van der Waals surface area contributed by atoms with Crippen molar-refractivity contribution in [1.82, 2.24) is 15.5 Å². The van der Waals surface area contributed by atoms with Crippen LogP contribution >= 0.6 is 11.3 Å². The number of benzene rings is 1. The minimum Gasteiger partial charge on any atom is -0.316 e. The molecule has 4 heteroatoms. The van der Waals surface area contributed by atoms with Crippen LogP contribution in [0.5, 0.6) is 0 Å². The zero-order valence-electron chi connectivity index (χ0n) is 12.5. The first-order chi connectivity index (χ1) is 9.66. The topological polar surface area (TPSA) is 37.8 Å². The van der Waals surface area contributed by atoms with Gasteiger partial charge in [0.1, 0.15) is 10.0 Å². The first kappa shape index (κ1) is 15.1. The molecule has 2 aromatic rings. The normalized spacial score (nSPS) is 12.8. The van der Waals surface area contributed by atoms with Crippen LogP contribution in [-0.4, -0.2) is 23.3 Å². The summed E-state index contributed by atoms with van der Waals surface area (Å²) in [7, 11) is 0. The highest BCUT2D eigenvalue weighted by atomic mass is 32.1. The molecule has 3 nitrogen and oxygen atoms in total. The molecule has 1 aromatic heterocycles. The minimum absolute atomic E-state index is 0.325. The van der Waals surface area contributed by atoms with Gasteiger partial charge in [0, 0.05) is 18.9 Å². The molecular weight excluding hydrogens is 266 g/mol.